The highest BCUT2D eigenvalue weighted by atomic mass is 19.1. The molecule has 62 valence electrons. The summed E-state index contributed by atoms with van der Waals surface area (Å²) in [6, 6.07) is 5.13. The third kappa shape index (κ3) is 0.843. The minimum absolute atomic E-state index is 0.177. The molecule has 0 saturated heterocycles. The molecule has 0 aliphatic rings. The first kappa shape index (κ1) is 7.35. The fraction of sp³-hybridized carbons (Fsp3) is 0.200. The summed E-state index contributed by atoms with van der Waals surface area (Å²) in [5, 5.41) is 0.979. The molecule has 0 spiro atoms. The molecule has 0 radical (unpaired) electrons. The maximum atomic E-state index is 13.1. The lowest BCUT2D eigenvalue weighted by Crippen LogP contribution is -1.75. The van der Waals surface area contributed by atoms with Crippen LogP contribution in [0.3, 0.4) is 0 Å². The smallest absolute Gasteiger partial charge is 0.147 e. The Morgan fingerprint density at radius 2 is 2.00 bits per heavy atom. The van der Waals surface area contributed by atoms with Crippen LogP contribution in [-0.4, -0.2) is 4.98 Å². The summed E-state index contributed by atoms with van der Waals surface area (Å²) in [7, 11) is 0. The Morgan fingerprint density at radius 3 is 2.67 bits per heavy atom. The van der Waals surface area contributed by atoms with Gasteiger partial charge in [0, 0.05) is 11.1 Å². The number of halogens is 1. The summed E-state index contributed by atoms with van der Waals surface area (Å²) in [6.07, 6.45) is 0. The maximum Gasteiger partial charge on any atom is 0.147 e. The summed E-state index contributed by atoms with van der Waals surface area (Å²) >= 11 is 0. The molecule has 0 aliphatic carbocycles. The highest BCUT2D eigenvalue weighted by Gasteiger charge is 2.06. The average molecular weight is 163 g/mol. The van der Waals surface area contributed by atoms with Crippen LogP contribution in [0.2, 0.25) is 0 Å². The van der Waals surface area contributed by atoms with Crippen molar-refractivity contribution in [3.05, 3.63) is 35.3 Å². The topological polar surface area (TPSA) is 15.8 Å². The van der Waals surface area contributed by atoms with E-state index in [1.807, 2.05) is 19.9 Å². The van der Waals surface area contributed by atoms with E-state index in [2.05, 4.69) is 4.98 Å². The minimum Gasteiger partial charge on any atom is -0.356 e. The summed E-state index contributed by atoms with van der Waals surface area (Å²) in [5.41, 5.74) is 2.78. The van der Waals surface area contributed by atoms with Crippen LogP contribution in [0.1, 0.15) is 11.3 Å². The van der Waals surface area contributed by atoms with E-state index in [0.29, 0.717) is 5.52 Å². The van der Waals surface area contributed by atoms with Crippen molar-refractivity contribution in [1.29, 1.82) is 0 Å². The molecule has 0 bridgehead atoms. The lowest BCUT2D eigenvalue weighted by atomic mass is 10.1. The standard InChI is InChI=1S/C10H10FN/c1-6-7(2)12-10-8(6)4-3-5-9(10)11/h3-5,12H,1-2H3. The molecule has 0 atom stereocenters. The van der Waals surface area contributed by atoms with Gasteiger partial charge in [-0.2, -0.15) is 0 Å². The van der Waals surface area contributed by atoms with Crippen molar-refractivity contribution in [2.45, 2.75) is 13.8 Å². The van der Waals surface area contributed by atoms with Gasteiger partial charge in [0.2, 0.25) is 0 Å². The molecule has 12 heavy (non-hydrogen) atoms. The number of benzene rings is 1. The molecule has 0 saturated carbocycles. The Balaban J connectivity index is 2.95. The largest absolute Gasteiger partial charge is 0.356 e. The molecule has 2 aromatic rings. The normalized spacial score (nSPS) is 10.9. The second kappa shape index (κ2) is 2.34. The van der Waals surface area contributed by atoms with Crippen LogP contribution in [0.5, 0.6) is 0 Å². The number of aromatic amines is 1. The third-order valence-electron chi connectivity index (χ3n) is 2.29. The van der Waals surface area contributed by atoms with Crippen LogP contribution in [0.25, 0.3) is 10.9 Å². The first-order valence-electron chi connectivity index (χ1n) is 3.93. The maximum absolute atomic E-state index is 13.1. The highest BCUT2D eigenvalue weighted by molar-refractivity contribution is 5.84. The fourth-order valence-electron chi connectivity index (χ4n) is 1.45. The van der Waals surface area contributed by atoms with Gasteiger partial charge in [-0.15, -0.1) is 0 Å². The number of nitrogens with one attached hydrogen (secondary N) is 1. The van der Waals surface area contributed by atoms with E-state index in [0.717, 1.165) is 16.6 Å². The number of hydrogen-bond donors (Lipinski definition) is 1. The van der Waals surface area contributed by atoms with Crippen LogP contribution < -0.4 is 0 Å². The zero-order valence-corrected chi connectivity index (χ0v) is 7.11. The first-order chi connectivity index (χ1) is 5.70. The van der Waals surface area contributed by atoms with E-state index < -0.39 is 0 Å². The Hall–Kier alpha value is -1.31. The monoisotopic (exact) mass is 163 g/mol. The summed E-state index contributed by atoms with van der Waals surface area (Å²) < 4.78 is 13.1. The second-order valence-corrected chi connectivity index (χ2v) is 3.04. The van der Waals surface area contributed by atoms with Crippen molar-refractivity contribution in [3.8, 4) is 0 Å². The number of H-pyrrole nitrogens is 1. The van der Waals surface area contributed by atoms with E-state index in [-0.39, 0.29) is 5.82 Å². The van der Waals surface area contributed by atoms with Gasteiger partial charge in [0.1, 0.15) is 5.82 Å². The quantitative estimate of drug-likeness (QED) is 0.614. The second-order valence-electron chi connectivity index (χ2n) is 3.04. The van der Waals surface area contributed by atoms with Gasteiger partial charge in [0.25, 0.3) is 0 Å². The van der Waals surface area contributed by atoms with Crippen LogP contribution in [0.4, 0.5) is 4.39 Å². The van der Waals surface area contributed by atoms with Crippen LogP contribution in [0.15, 0.2) is 18.2 Å². The van der Waals surface area contributed by atoms with Gasteiger partial charge in [-0.05, 0) is 25.5 Å². The first-order valence-corrected chi connectivity index (χ1v) is 3.93. The minimum atomic E-state index is -0.177. The van der Waals surface area contributed by atoms with Crippen molar-refractivity contribution < 1.29 is 4.39 Å². The lowest BCUT2D eigenvalue weighted by Gasteiger charge is -1.91. The molecule has 1 nitrogen and oxygen atoms in total. The summed E-state index contributed by atoms with van der Waals surface area (Å²) in [5.74, 6) is -0.177. The Kier molecular flexibility index (Phi) is 1.43. The van der Waals surface area contributed by atoms with Gasteiger partial charge < -0.3 is 4.98 Å². The zero-order valence-electron chi connectivity index (χ0n) is 7.11. The van der Waals surface area contributed by atoms with E-state index in [1.54, 1.807) is 6.07 Å². The van der Waals surface area contributed by atoms with Gasteiger partial charge >= 0.3 is 0 Å². The van der Waals surface area contributed by atoms with Crippen molar-refractivity contribution in [2.75, 3.05) is 0 Å². The number of hydrogen-bond acceptors (Lipinski definition) is 0. The molecule has 2 heteroatoms. The Labute approximate surface area is 70.2 Å². The fourth-order valence-corrected chi connectivity index (χ4v) is 1.45. The van der Waals surface area contributed by atoms with Gasteiger partial charge in [-0.1, -0.05) is 12.1 Å². The number of aryl methyl sites for hydroxylation is 2. The molecule has 2 rings (SSSR count). The van der Waals surface area contributed by atoms with Crippen LogP contribution in [-0.2, 0) is 0 Å². The van der Waals surface area contributed by atoms with E-state index >= 15 is 0 Å². The number of para-hydroxylation sites is 1. The Bertz CT molecular complexity index is 429. The molecule has 1 heterocycles. The van der Waals surface area contributed by atoms with Gasteiger partial charge in [-0.25, -0.2) is 4.39 Å². The van der Waals surface area contributed by atoms with Gasteiger partial charge in [0.15, 0.2) is 0 Å². The number of aromatic nitrogens is 1. The highest BCUT2D eigenvalue weighted by Crippen LogP contribution is 2.22. The predicted octanol–water partition coefficient (Wildman–Crippen LogP) is 2.92. The van der Waals surface area contributed by atoms with Crippen LogP contribution >= 0.6 is 0 Å². The van der Waals surface area contributed by atoms with Crippen molar-refractivity contribution in [3.63, 3.8) is 0 Å². The molecule has 1 aromatic carbocycles. The van der Waals surface area contributed by atoms with Crippen LogP contribution in [0, 0.1) is 19.7 Å². The summed E-state index contributed by atoms with van der Waals surface area (Å²) in [6.45, 7) is 3.95. The van der Waals surface area contributed by atoms with E-state index in [1.165, 1.54) is 6.07 Å². The molecular formula is C10H10FN. The van der Waals surface area contributed by atoms with E-state index in [4.69, 9.17) is 0 Å². The molecule has 1 aromatic heterocycles. The predicted molar refractivity (Wildman–Crippen MR) is 47.7 cm³/mol. The lowest BCUT2D eigenvalue weighted by molar-refractivity contribution is 0.637. The molecule has 0 fully saturated rings. The molecule has 0 aliphatic heterocycles. The molecular weight excluding hydrogens is 153 g/mol. The number of fused-ring (bicyclic) bond motifs is 1. The van der Waals surface area contributed by atoms with Gasteiger partial charge in [0.05, 0.1) is 5.52 Å². The zero-order chi connectivity index (χ0) is 8.72. The van der Waals surface area contributed by atoms with Crippen molar-refractivity contribution >= 4 is 10.9 Å². The molecule has 0 amide bonds. The summed E-state index contributed by atoms with van der Waals surface area (Å²) in [4.78, 5) is 3.02. The molecule has 1 N–H and O–H groups in total. The van der Waals surface area contributed by atoms with Gasteiger partial charge in [-0.3, -0.25) is 0 Å². The van der Waals surface area contributed by atoms with E-state index in [9.17, 15) is 4.39 Å². The SMILES string of the molecule is Cc1[nH]c2c(F)cccc2c1C. The molecule has 0 unspecified atom stereocenters. The number of rotatable bonds is 0. The average Bonchev–Trinajstić information content (AvgIpc) is 2.32. The third-order valence-corrected chi connectivity index (χ3v) is 2.29. The Morgan fingerprint density at radius 1 is 1.25 bits per heavy atom. The van der Waals surface area contributed by atoms with Crippen molar-refractivity contribution in [1.82, 2.24) is 4.98 Å². The van der Waals surface area contributed by atoms with Crippen molar-refractivity contribution in [2.24, 2.45) is 0 Å².